The summed E-state index contributed by atoms with van der Waals surface area (Å²) in [5.74, 6) is 1.34. The van der Waals surface area contributed by atoms with Gasteiger partial charge in [0.15, 0.2) is 0 Å². The fraction of sp³-hybridized carbons (Fsp3) is 0.381. The van der Waals surface area contributed by atoms with Gasteiger partial charge < -0.3 is 9.32 Å². The summed E-state index contributed by atoms with van der Waals surface area (Å²) >= 11 is 0. The van der Waals surface area contributed by atoms with Gasteiger partial charge in [0, 0.05) is 25.2 Å². The monoisotopic (exact) mass is 377 g/mol. The molecular formula is C21H23N5O2. The molecule has 1 saturated heterocycles. The van der Waals surface area contributed by atoms with Crippen LogP contribution in [0.5, 0.6) is 0 Å². The highest BCUT2D eigenvalue weighted by Crippen LogP contribution is 2.29. The first-order valence-corrected chi connectivity index (χ1v) is 9.54. The van der Waals surface area contributed by atoms with Crippen LogP contribution in [0.2, 0.25) is 0 Å². The lowest BCUT2D eigenvalue weighted by molar-refractivity contribution is -0.131. The van der Waals surface area contributed by atoms with E-state index < -0.39 is 0 Å². The van der Waals surface area contributed by atoms with Crippen molar-refractivity contribution in [2.75, 3.05) is 13.1 Å². The van der Waals surface area contributed by atoms with Crippen molar-refractivity contribution in [1.82, 2.24) is 25.1 Å². The molecule has 0 saturated carbocycles. The van der Waals surface area contributed by atoms with Crippen LogP contribution in [0.25, 0.3) is 11.6 Å². The van der Waals surface area contributed by atoms with Crippen LogP contribution in [-0.2, 0) is 11.2 Å². The Labute approximate surface area is 163 Å². The molecule has 0 bridgehead atoms. The molecule has 1 fully saturated rings. The molecule has 0 radical (unpaired) electrons. The Morgan fingerprint density at radius 3 is 2.50 bits per heavy atom. The van der Waals surface area contributed by atoms with E-state index in [2.05, 4.69) is 20.2 Å². The fourth-order valence-corrected chi connectivity index (χ4v) is 3.37. The van der Waals surface area contributed by atoms with E-state index in [1.165, 1.54) is 5.56 Å². The van der Waals surface area contributed by atoms with Crippen molar-refractivity contribution in [3.05, 3.63) is 59.4 Å². The Morgan fingerprint density at radius 2 is 1.82 bits per heavy atom. The molecule has 0 atom stereocenters. The number of carbonyl (C=O) groups excluding carboxylic acids is 1. The molecule has 7 nitrogen and oxygen atoms in total. The van der Waals surface area contributed by atoms with Crippen LogP contribution >= 0.6 is 0 Å². The summed E-state index contributed by atoms with van der Waals surface area (Å²) in [6.07, 6.45) is 5.40. The van der Waals surface area contributed by atoms with Crippen LogP contribution in [0.15, 0.2) is 41.1 Å². The summed E-state index contributed by atoms with van der Waals surface area (Å²) in [4.78, 5) is 23.0. The molecule has 1 aromatic carbocycles. The van der Waals surface area contributed by atoms with Gasteiger partial charge in [0.25, 0.3) is 5.89 Å². The number of likely N-dealkylation sites (tertiary alicyclic amines) is 1. The molecule has 4 rings (SSSR count). The van der Waals surface area contributed by atoms with Gasteiger partial charge in [-0.25, -0.2) is 4.98 Å². The smallest absolute Gasteiger partial charge is 0.267 e. The maximum absolute atomic E-state index is 12.6. The summed E-state index contributed by atoms with van der Waals surface area (Å²) in [6.45, 7) is 5.34. The third kappa shape index (κ3) is 4.08. The first kappa shape index (κ1) is 18.3. The van der Waals surface area contributed by atoms with Gasteiger partial charge in [-0.15, -0.1) is 10.2 Å². The average Bonchev–Trinajstić information content (AvgIpc) is 3.20. The molecule has 0 aliphatic carbocycles. The zero-order valence-corrected chi connectivity index (χ0v) is 16.1. The number of aryl methyl sites for hydroxylation is 2. The third-order valence-corrected chi connectivity index (χ3v) is 5.11. The van der Waals surface area contributed by atoms with E-state index in [-0.39, 0.29) is 11.8 Å². The van der Waals surface area contributed by atoms with Crippen LogP contribution in [0, 0.1) is 13.8 Å². The maximum Gasteiger partial charge on any atom is 0.267 e. The quantitative estimate of drug-likeness (QED) is 0.695. The van der Waals surface area contributed by atoms with Gasteiger partial charge in [-0.2, -0.15) is 0 Å². The SMILES string of the molecule is Cc1ccc(CC(=O)N2CCC(c3nnc(-c4cnc(C)cn4)o3)CC2)cc1. The summed E-state index contributed by atoms with van der Waals surface area (Å²) in [5, 5.41) is 8.31. The second-order valence-corrected chi connectivity index (χ2v) is 7.31. The average molecular weight is 377 g/mol. The van der Waals surface area contributed by atoms with Crippen LogP contribution in [0.3, 0.4) is 0 Å². The number of piperidine rings is 1. The van der Waals surface area contributed by atoms with Crippen molar-refractivity contribution in [3.63, 3.8) is 0 Å². The maximum atomic E-state index is 12.6. The predicted octanol–water partition coefficient (Wildman–Crippen LogP) is 3.09. The summed E-state index contributed by atoms with van der Waals surface area (Å²) in [7, 11) is 0. The highest BCUT2D eigenvalue weighted by atomic mass is 16.4. The van der Waals surface area contributed by atoms with Crippen molar-refractivity contribution in [1.29, 1.82) is 0 Å². The topological polar surface area (TPSA) is 85.0 Å². The van der Waals surface area contributed by atoms with E-state index in [9.17, 15) is 4.79 Å². The molecule has 144 valence electrons. The minimum absolute atomic E-state index is 0.170. The Kier molecular flexibility index (Phi) is 5.14. The van der Waals surface area contributed by atoms with E-state index >= 15 is 0 Å². The molecular weight excluding hydrogens is 354 g/mol. The van der Waals surface area contributed by atoms with Crippen molar-refractivity contribution in [2.45, 2.75) is 39.0 Å². The molecule has 1 amide bonds. The molecule has 0 N–H and O–H groups in total. The first-order valence-electron chi connectivity index (χ1n) is 9.54. The lowest BCUT2D eigenvalue weighted by Crippen LogP contribution is -2.38. The van der Waals surface area contributed by atoms with Crippen molar-refractivity contribution >= 4 is 5.91 Å². The normalized spacial score (nSPS) is 15.0. The van der Waals surface area contributed by atoms with Gasteiger partial charge in [-0.05, 0) is 32.3 Å². The highest BCUT2D eigenvalue weighted by molar-refractivity contribution is 5.78. The van der Waals surface area contributed by atoms with Crippen molar-refractivity contribution in [3.8, 4) is 11.6 Å². The number of nitrogens with zero attached hydrogens (tertiary/aromatic N) is 5. The molecule has 28 heavy (non-hydrogen) atoms. The fourth-order valence-electron chi connectivity index (χ4n) is 3.37. The largest absolute Gasteiger partial charge is 0.419 e. The minimum atomic E-state index is 0.170. The number of amides is 1. The third-order valence-electron chi connectivity index (χ3n) is 5.11. The van der Waals surface area contributed by atoms with Gasteiger partial charge in [0.2, 0.25) is 11.8 Å². The van der Waals surface area contributed by atoms with E-state index in [0.717, 1.165) is 24.1 Å². The van der Waals surface area contributed by atoms with Gasteiger partial charge >= 0.3 is 0 Å². The van der Waals surface area contributed by atoms with Crippen LogP contribution in [0.4, 0.5) is 0 Å². The van der Waals surface area contributed by atoms with Gasteiger partial charge in [-0.1, -0.05) is 29.8 Å². The van der Waals surface area contributed by atoms with Crippen LogP contribution in [-0.4, -0.2) is 44.1 Å². The van der Waals surface area contributed by atoms with Crippen LogP contribution in [0.1, 0.15) is 41.5 Å². The summed E-state index contributed by atoms with van der Waals surface area (Å²) in [5.41, 5.74) is 3.67. The molecule has 7 heteroatoms. The van der Waals surface area contributed by atoms with E-state index in [4.69, 9.17) is 4.42 Å². The van der Waals surface area contributed by atoms with Crippen molar-refractivity contribution in [2.24, 2.45) is 0 Å². The Hall–Kier alpha value is -3.09. The zero-order chi connectivity index (χ0) is 19.5. The molecule has 0 unspecified atom stereocenters. The molecule has 3 aromatic rings. The number of rotatable bonds is 4. The molecule has 0 spiro atoms. The number of hydrogen-bond donors (Lipinski definition) is 0. The standard InChI is InChI=1S/C21H23N5O2/c1-14-3-5-16(6-4-14)11-19(27)26-9-7-17(8-10-26)20-24-25-21(28-20)18-13-22-15(2)12-23-18/h3-6,12-13,17H,7-11H2,1-2H3. The molecule has 3 heterocycles. The summed E-state index contributed by atoms with van der Waals surface area (Å²) in [6, 6.07) is 8.13. The lowest BCUT2D eigenvalue weighted by atomic mass is 9.96. The number of hydrogen-bond acceptors (Lipinski definition) is 6. The molecule has 2 aromatic heterocycles. The van der Waals surface area contributed by atoms with Crippen LogP contribution < -0.4 is 0 Å². The number of aromatic nitrogens is 4. The molecule has 1 aliphatic rings. The Morgan fingerprint density at radius 1 is 1.07 bits per heavy atom. The second-order valence-electron chi connectivity index (χ2n) is 7.31. The molecule has 1 aliphatic heterocycles. The lowest BCUT2D eigenvalue weighted by Gasteiger charge is -2.30. The minimum Gasteiger partial charge on any atom is -0.419 e. The predicted molar refractivity (Wildman–Crippen MR) is 103 cm³/mol. The Bertz CT molecular complexity index is 942. The van der Waals surface area contributed by atoms with E-state index in [1.54, 1.807) is 12.4 Å². The van der Waals surface area contributed by atoms with E-state index in [0.29, 0.717) is 37.0 Å². The van der Waals surface area contributed by atoms with Gasteiger partial charge in [0.05, 0.1) is 18.3 Å². The van der Waals surface area contributed by atoms with Gasteiger partial charge in [-0.3, -0.25) is 9.78 Å². The van der Waals surface area contributed by atoms with E-state index in [1.807, 2.05) is 43.0 Å². The number of carbonyl (C=O) groups is 1. The zero-order valence-electron chi connectivity index (χ0n) is 16.1. The van der Waals surface area contributed by atoms with Crippen molar-refractivity contribution < 1.29 is 9.21 Å². The summed E-state index contributed by atoms with van der Waals surface area (Å²) < 4.78 is 5.82. The highest BCUT2D eigenvalue weighted by Gasteiger charge is 2.27. The Balaban J connectivity index is 1.34. The number of benzene rings is 1. The van der Waals surface area contributed by atoms with Gasteiger partial charge in [0.1, 0.15) is 5.69 Å². The second kappa shape index (κ2) is 7.88. The first-order chi connectivity index (χ1) is 13.6.